The Morgan fingerprint density at radius 1 is 1.11 bits per heavy atom. The van der Waals surface area contributed by atoms with E-state index in [1.165, 1.54) is 24.8 Å². The second-order valence-electron chi connectivity index (χ2n) is 8.68. The maximum Gasteiger partial charge on any atom is 0.324 e. The number of ether oxygens (including phenoxy) is 1. The third-order valence-corrected chi connectivity index (χ3v) is 7.18. The molecule has 4 aliphatic rings. The van der Waals surface area contributed by atoms with E-state index in [2.05, 4.69) is 29.2 Å². The predicted octanol–water partition coefficient (Wildman–Crippen LogP) is 1.78. The van der Waals surface area contributed by atoms with Crippen molar-refractivity contribution in [3.63, 3.8) is 0 Å². The summed E-state index contributed by atoms with van der Waals surface area (Å²) in [5.41, 5.74) is 8.90. The maximum absolute atomic E-state index is 12.7. The summed E-state index contributed by atoms with van der Waals surface area (Å²) < 4.78 is 5.50. The van der Waals surface area contributed by atoms with Crippen LogP contribution in [0, 0.1) is 0 Å². The summed E-state index contributed by atoms with van der Waals surface area (Å²) in [5, 5.41) is 0. The molecular formula is C21H30N4O2. The van der Waals surface area contributed by atoms with E-state index in [0.29, 0.717) is 0 Å². The lowest BCUT2D eigenvalue weighted by Gasteiger charge is -2.46. The van der Waals surface area contributed by atoms with E-state index >= 15 is 0 Å². The summed E-state index contributed by atoms with van der Waals surface area (Å²) in [6, 6.07) is 9.20. The monoisotopic (exact) mass is 370 g/mol. The Morgan fingerprint density at radius 3 is 2.48 bits per heavy atom. The summed E-state index contributed by atoms with van der Waals surface area (Å²) in [5.74, 6) is 0. The Kier molecular flexibility index (Phi) is 4.37. The largest absolute Gasteiger partial charge is 0.379 e. The molecule has 0 aromatic heterocycles. The van der Waals surface area contributed by atoms with Crippen molar-refractivity contribution < 1.29 is 9.53 Å². The number of benzene rings is 1. The van der Waals surface area contributed by atoms with Crippen molar-refractivity contribution in [3.05, 3.63) is 29.8 Å². The van der Waals surface area contributed by atoms with Gasteiger partial charge >= 0.3 is 6.03 Å². The molecular weight excluding hydrogens is 340 g/mol. The molecule has 1 aliphatic carbocycles. The molecule has 0 unspecified atom stereocenters. The lowest BCUT2D eigenvalue weighted by Crippen LogP contribution is -2.49. The second-order valence-corrected chi connectivity index (χ2v) is 8.68. The van der Waals surface area contributed by atoms with Gasteiger partial charge < -0.3 is 15.4 Å². The van der Waals surface area contributed by atoms with Crippen molar-refractivity contribution in [1.29, 1.82) is 0 Å². The van der Waals surface area contributed by atoms with Crippen LogP contribution in [-0.4, -0.2) is 73.9 Å². The minimum atomic E-state index is 0.116. The van der Waals surface area contributed by atoms with Gasteiger partial charge in [-0.05, 0) is 37.0 Å². The molecule has 27 heavy (non-hydrogen) atoms. The zero-order valence-electron chi connectivity index (χ0n) is 16.0. The summed E-state index contributed by atoms with van der Waals surface area (Å²) in [6.07, 6.45) is 4.76. The number of fused-ring (bicyclic) bond motifs is 1. The average molecular weight is 370 g/mol. The first-order valence-electron chi connectivity index (χ1n) is 10.4. The molecule has 3 heterocycles. The first-order valence-corrected chi connectivity index (χ1v) is 10.4. The molecule has 146 valence electrons. The minimum Gasteiger partial charge on any atom is -0.379 e. The molecule has 3 aliphatic heterocycles. The summed E-state index contributed by atoms with van der Waals surface area (Å²) in [7, 11) is 0. The normalized spacial score (nSPS) is 30.5. The number of hydrogen-bond donors (Lipinski definition) is 1. The number of carbonyl (C=O) groups is 1. The van der Waals surface area contributed by atoms with Gasteiger partial charge in [0.15, 0.2) is 0 Å². The van der Waals surface area contributed by atoms with Gasteiger partial charge in [0.25, 0.3) is 0 Å². The number of amides is 2. The van der Waals surface area contributed by atoms with Crippen molar-refractivity contribution in [3.8, 4) is 0 Å². The lowest BCUT2D eigenvalue weighted by molar-refractivity contribution is 0.0166. The Balaban J connectivity index is 1.32. The van der Waals surface area contributed by atoms with Crippen LogP contribution in [0.3, 0.4) is 0 Å². The molecule has 1 aromatic carbocycles. The van der Waals surface area contributed by atoms with Crippen LogP contribution >= 0.6 is 0 Å². The standard InChI is InChI=1S/C21H30N4O2/c22-18-6-9-24-19(18)14-25(20(24)26)17-4-2-16(3-5-17)21(7-1-8-21)15-23-10-12-27-13-11-23/h2-5,18-19H,1,6-15,22H2/t18-,19-/m1/s1. The van der Waals surface area contributed by atoms with Crippen molar-refractivity contribution in [2.24, 2.45) is 5.73 Å². The maximum atomic E-state index is 12.7. The van der Waals surface area contributed by atoms with Gasteiger partial charge in [0, 0.05) is 49.9 Å². The van der Waals surface area contributed by atoms with E-state index in [1.807, 2.05) is 9.80 Å². The van der Waals surface area contributed by atoms with E-state index < -0.39 is 0 Å². The van der Waals surface area contributed by atoms with Gasteiger partial charge in [0.05, 0.1) is 19.3 Å². The molecule has 0 radical (unpaired) electrons. The van der Waals surface area contributed by atoms with Crippen molar-refractivity contribution in [1.82, 2.24) is 9.80 Å². The van der Waals surface area contributed by atoms with Crippen molar-refractivity contribution in [2.75, 3.05) is 50.8 Å². The van der Waals surface area contributed by atoms with Crippen LogP contribution in [0.2, 0.25) is 0 Å². The summed E-state index contributed by atoms with van der Waals surface area (Å²) in [6.45, 7) is 6.43. The zero-order chi connectivity index (χ0) is 18.4. The summed E-state index contributed by atoms with van der Waals surface area (Å²) in [4.78, 5) is 19.1. The second kappa shape index (κ2) is 6.76. The van der Waals surface area contributed by atoms with E-state index in [-0.39, 0.29) is 23.5 Å². The van der Waals surface area contributed by atoms with Gasteiger partial charge in [-0.3, -0.25) is 9.80 Å². The van der Waals surface area contributed by atoms with Gasteiger partial charge in [-0.25, -0.2) is 4.79 Å². The molecule has 0 bridgehead atoms. The molecule has 6 nitrogen and oxygen atoms in total. The molecule has 2 amide bonds. The number of rotatable bonds is 4. The Hall–Kier alpha value is -1.63. The van der Waals surface area contributed by atoms with Gasteiger partial charge in [-0.15, -0.1) is 0 Å². The van der Waals surface area contributed by atoms with Crippen LogP contribution in [-0.2, 0) is 10.2 Å². The van der Waals surface area contributed by atoms with E-state index in [4.69, 9.17) is 10.5 Å². The first kappa shape index (κ1) is 17.5. The highest BCUT2D eigenvalue weighted by Gasteiger charge is 2.45. The number of nitrogens with zero attached hydrogens (tertiary/aromatic N) is 3. The summed E-state index contributed by atoms with van der Waals surface area (Å²) >= 11 is 0. The number of hydrogen-bond acceptors (Lipinski definition) is 4. The fourth-order valence-corrected chi connectivity index (χ4v) is 5.31. The van der Waals surface area contributed by atoms with Gasteiger partial charge in [0.1, 0.15) is 0 Å². The molecule has 3 saturated heterocycles. The average Bonchev–Trinajstić information content (AvgIpc) is 3.20. The van der Waals surface area contributed by atoms with Crippen molar-refractivity contribution in [2.45, 2.75) is 43.2 Å². The first-order chi connectivity index (χ1) is 13.2. The zero-order valence-corrected chi connectivity index (χ0v) is 16.0. The molecule has 6 heteroatoms. The third kappa shape index (κ3) is 2.94. The highest BCUT2D eigenvalue weighted by molar-refractivity contribution is 5.95. The molecule has 2 atom stereocenters. The van der Waals surface area contributed by atoms with Crippen LogP contribution in [0.5, 0.6) is 0 Å². The number of urea groups is 1. The number of carbonyl (C=O) groups excluding carboxylic acids is 1. The Labute approximate surface area is 161 Å². The topological polar surface area (TPSA) is 62.0 Å². The lowest BCUT2D eigenvalue weighted by atomic mass is 9.64. The molecule has 4 fully saturated rings. The fraction of sp³-hybridized carbons (Fsp3) is 0.667. The third-order valence-electron chi connectivity index (χ3n) is 7.18. The quantitative estimate of drug-likeness (QED) is 0.878. The van der Waals surface area contributed by atoms with E-state index in [1.54, 1.807) is 0 Å². The molecule has 1 saturated carbocycles. The SMILES string of the molecule is N[C@@H]1CCN2C(=O)N(c3ccc(C4(CN5CCOCC5)CCC4)cc3)C[C@H]12. The smallest absolute Gasteiger partial charge is 0.324 e. The van der Waals surface area contributed by atoms with Gasteiger partial charge in [-0.1, -0.05) is 18.6 Å². The van der Waals surface area contributed by atoms with Crippen LogP contribution in [0.4, 0.5) is 10.5 Å². The van der Waals surface area contributed by atoms with Crippen LogP contribution in [0.15, 0.2) is 24.3 Å². The van der Waals surface area contributed by atoms with Crippen LogP contribution < -0.4 is 10.6 Å². The molecule has 5 rings (SSSR count). The molecule has 2 N–H and O–H groups in total. The number of nitrogens with two attached hydrogens (primary N) is 1. The highest BCUT2D eigenvalue weighted by Crippen LogP contribution is 2.45. The molecule has 0 spiro atoms. The van der Waals surface area contributed by atoms with E-state index in [9.17, 15) is 4.79 Å². The van der Waals surface area contributed by atoms with E-state index in [0.717, 1.165) is 58.0 Å². The fourth-order valence-electron chi connectivity index (χ4n) is 5.31. The number of morpholine rings is 1. The highest BCUT2D eigenvalue weighted by atomic mass is 16.5. The predicted molar refractivity (Wildman–Crippen MR) is 105 cm³/mol. The minimum absolute atomic E-state index is 0.116. The Bertz CT molecular complexity index is 697. The van der Waals surface area contributed by atoms with Crippen molar-refractivity contribution >= 4 is 11.7 Å². The number of anilines is 1. The Morgan fingerprint density at radius 2 is 1.85 bits per heavy atom. The molecule has 1 aromatic rings. The van der Waals surface area contributed by atoms with Crippen LogP contribution in [0.1, 0.15) is 31.2 Å². The van der Waals surface area contributed by atoms with Gasteiger partial charge in [0.2, 0.25) is 0 Å². The van der Waals surface area contributed by atoms with Crippen LogP contribution in [0.25, 0.3) is 0 Å². The van der Waals surface area contributed by atoms with Gasteiger partial charge in [-0.2, -0.15) is 0 Å².